The van der Waals surface area contributed by atoms with Gasteiger partial charge in [0.25, 0.3) is 0 Å². The zero-order chi connectivity index (χ0) is 13.1. The van der Waals surface area contributed by atoms with Crippen molar-refractivity contribution in [3.05, 3.63) is 51.3 Å². The number of anilines is 2. The molecule has 0 radical (unpaired) electrons. The minimum atomic E-state index is -0.465. The van der Waals surface area contributed by atoms with E-state index in [-0.39, 0.29) is 10.8 Å². The van der Waals surface area contributed by atoms with Gasteiger partial charge in [-0.3, -0.25) is 0 Å². The first-order chi connectivity index (χ1) is 8.60. The van der Waals surface area contributed by atoms with E-state index in [0.717, 1.165) is 22.1 Å². The van der Waals surface area contributed by atoms with Crippen LogP contribution in [-0.4, -0.2) is 4.98 Å². The molecule has 0 saturated heterocycles. The molecule has 0 aliphatic heterocycles. The lowest BCUT2D eigenvalue weighted by Gasteiger charge is -2.11. The molecule has 0 aliphatic rings. The number of hydrogen-bond acceptors (Lipinski definition) is 2. The van der Waals surface area contributed by atoms with Crippen LogP contribution in [0.2, 0.25) is 5.02 Å². The Morgan fingerprint density at radius 2 is 2.17 bits per heavy atom. The highest BCUT2D eigenvalue weighted by molar-refractivity contribution is 9.10. The molecule has 0 amide bonds. The molecule has 2 aromatic rings. The Balaban J connectivity index is 2.33. The first-order valence-corrected chi connectivity index (χ1v) is 6.63. The average Bonchev–Trinajstić information content (AvgIpc) is 2.34. The third-order valence-corrected chi connectivity index (χ3v) is 3.21. The predicted molar refractivity (Wildman–Crippen MR) is 76.0 cm³/mol. The van der Waals surface area contributed by atoms with Gasteiger partial charge in [0, 0.05) is 16.4 Å². The lowest BCUT2D eigenvalue weighted by molar-refractivity contribution is 0.626. The van der Waals surface area contributed by atoms with Crippen LogP contribution >= 0.6 is 27.5 Å². The monoisotopic (exact) mass is 328 g/mol. The molecule has 0 atom stereocenters. The van der Waals surface area contributed by atoms with E-state index in [1.807, 2.05) is 25.1 Å². The fourth-order valence-corrected chi connectivity index (χ4v) is 2.16. The Hall–Kier alpha value is -1.13. The third-order valence-electron chi connectivity index (χ3n) is 2.51. The van der Waals surface area contributed by atoms with Crippen molar-refractivity contribution in [2.24, 2.45) is 0 Å². The number of rotatable bonds is 3. The summed E-state index contributed by atoms with van der Waals surface area (Å²) < 4.78 is 14.6. The van der Waals surface area contributed by atoms with Crippen LogP contribution in [0.4, 0.5) is 15.9 Å². The molecule has 1 aromatic heterocycles. The molecular weight excluding hydrogens is 319 g/mol. The smallest absolute Gasteiger partial charge is 0.167 e. The standard InChI is InChI=1S/C13H11BrClFN2/c1-2-8-5-9(14)3-4-12(8)18-13-11(16)6-10(15)7-17-13/h3-7H,2H2,1H3,(H,17,18). The molecule has 0 bridgehead atoms. The average molecular weight is 330 g/mol. The summed E-state index contributed by atoms with van der Waals surface area (Å²) >= 11 is 9.07. The molecule has 0 saturated carbocycles. The third kappa shape index (κ3) is 3.00. The van der Waals surface area contributed by atoms with E-state index in [2.05, 4.69) is 26.2 Å². The van der Waals surface area contributed by atoms with Gasteiger partial charge in [0.2, 0.25) is 0 Å². The summed E-state index contributed by atoms with van der Waals surface area (Å²) in [6.45, 7) is 2.04. The highest BCUT2D eigenvalue weighted by atomic mass is 79.9. The summed E-state index contributed by atoms with van der Waals surface area (Å²) in [6.07, 6.45) is 2.26. The number of aromatic nitrogens is 1. The fraction of sp³-hybridized carbons (Fsp3) is 0.154. The normalized spacial score (nSPS) is 10.4. The van der Waals surface area contributed by atoms with E-state index in [0.29, 0.717) is 0 Å². The molecule has 2 nitrogen and oxygen atoms in total. The highest BCUT2D eigenvalue weighted by Crippen LogP contribution is 2.26. The van der Waals surface area contributed by atoms with E-state index in [1.165, 1.54) is 12.3 Å². The number of halogens is 3. The molecule has 0 aliphatic carbocycles. The maximum absolute atomic E-state index is 13.6. The Bertz CT molecular complexity index is 575. The summed E-state index contributed by atoms with van der Waals surface area (Å²) in [7, 11) is 0. The predicted octanol–water partition coefficient (Wildman–Crippen LogP) is 4.94. The van der Waals surface area contributed by atoms with Gasteiger partial charge in [-0.15, -0.1) is 0 Å². The molecule has 0 unspecified atom stereocenters. The maximum atomic E-state index is 13.6. The van der Waals surface area contributed by atoms with E-state index in [4.69, 9.17) is 11.6 Å². The Morgan fingerprint density at radius 1 is 1.39 bits per heavy atom. The molecule has 1 N–H and O–H groups in total. The van der Waals surface area contributed by atoms with Crippen molar-refractivity contribution >= 4 is 39.0 Å². The first-order valence-electron chi connectivity index (χ1n) is 5.46. The van der Waals surface area contributed by atoms with Crippen molar-refractivity contribution in [3.8, 4) is 0 Å². The Labute approximate surface area is 118 Å². The maximum Gasteiger partial charge on any atom is 0.167 e. The number of aryl methyl sites for hydroxylation is 1. The zero-order valence-corrected chi connectivity index (χ0v) is 12.0. The summed E-state index contributed by atoms with van der Waals surface area (Å²) in [5, 5.41) is 3.26. The number of benzene rings is 1. The lowest BCUT2D eigenvalue weighted by Crippen LogP contribution is -2.00. The van der Waals surface area contributed by atoms with E-state index >= 15 is 0 Å². The van der Waals surface area contributed by atoms with Crippen molar-refractivity contribution in [3.63, 3.8) is 0 Å². The first kappa shape index (κ1) is 13.3. The summed E-state index contributed by atoms with van der Waals surface area (Å²) in [4.78, 5) is 3.94. The quantitative estimate of drug-likeness (QED) is 0.862. The number of nitrogens with zero attached hydrogens (tertiary/aromatic N) is 1. The molecule has 5 heteroatoms. The zero-order valence-electron chi connectivity index (χ0n) is 9.67. The van der Waals surface area contributed by atoms with Crippen molar-refractivity contribution < 1.29 is 4.39 Å². The number of nitrogens with one attached hydrogen (secondary N) is 1. The van der Waals surface area contributed by atoms with E-state index in [9.17, 15) is 4.39 Å². The molecule has 1 aromatic carbocycles. The highest BCUT2D eigenvalue weighted by Gasteiger charge is 2.07. The van der Waals surface area contributed by atoms with Gasteiger partial charge in [-0.25, -0.2) is 9.37 Å². The lowest BCUT2D eigenvalue weighted by atomic mass is 10.1. The minimum Gasteiger partial charge on any atom is -0.338 e. The van der Waals surface area contributed by atoms with Gasteiger partial charge >= 0.3 is 0 Å². The molecule has 94 valence electrons. The van der Waals surface area contributed by atoms with Gasteiger partial charge in [-0.05, 0) is 36.2 Å². The van der Waals surface area contributed by atoms with Crippen molar-refractivity contribution in [1.82, 2.24) is 4.98 Å². The molecule has 18 heavy (non-hydrogen) atoms. The van der Waals surface area contributed by atoms with Crippen LogP contribution in [-0.2, 0) is 6.42 Å². The van der Waals surface area contributed by atoms with Gasteiger partial charge in [-0.1, -0.05) is 34.5 Å². The van der Waals surface area contributed by atoms with E-state index in [1.54, 1.807) is 0 Å². The van der Waals surface area contributed by atoms with Gasteiger partial charge in [0.05, 0.1) is 5.02 Å². The SMILES string of the molecule is CCc1cc(Br)ccc1Nc1ncc(Cl)cc1F. The van der Waals surface area contributed by atoms with E-state index < -0.39 is 5.82 Å². The van der Waals surface area contributed by atoms with Crippen LogP contribution in [0.3, 0.4) is 0 Å². The van der Waals surface area contributed by atoms with Crippen molar-refractivity contribution in [1.29, 1.82) is 0 Å². The summed E-state index contributed by atoms with van der Waals surface area (Å²) in [5.74, 6) is -0.288. The largest absolute Gasteiger partial charge is 0.338 e. The number of pyridine rings is 1. The van der Waals surface area contributed by atoms with Crippen LogP contribution in [0.25, 0.3) is 0 Å². The number of hydrogen-bond donors (Lipinski definition) is 1. The topological polar surface area (TPSA) is 24.9 Å². The van der Waals surface area contributed by atoms with Crippen molar-refractivity contribution in [2.75, 3.05) is 5.32 Å². The summed E-state index contributed by atoms with van der Waals surface area (Å²) in [5.41, 5.74) is 1.93. The van der Waals surface area contributed by atoms with Crippen LogP contribution in [0.15, 0.2) is 34.9 Å². The van der Waals surface area contributed by atoms with Crippen LogP contribution in [0, 0.1) is 5.82 Å². The van der Waals surface area contributed by atoms with Gasteiger partial charge in [0.1, 0.15) is 0 Å². The molecule has 0 spiro atoms. The Kier molecular flexibility index (Phi) is 4.19. The summed E-state index contributed by atoms with van der Waals surface area (Å²) in [6, 6.07) is 7.02. The Morgan fingerprint density at radius 3 is 2.83 bits per heavy atom. The minimum absolute atomic E-state index is 0.177. The van der Waals surface area contributed by atoms with Crippen LogP contribution in [0.5, 0.6) is 0 Å². The molecular formula is C13H11BrClFN2. The van der Waals surface area contributed by atoms with Gasteiger partial charge < -0.3 is 5.32 Å². The van der Waals surface area contributed by atoms with Crippen LogP contribution < -0.4 is 5.32 Å². The van der Waals surface area contributed by atoms with Crippen LogP contribution in [0.1, 0.15) is 12.5 Å². The second-order valence-electron chi connectivity index (χ2n) is 3.76. The second-order valence-corrected chi connectivity index (χ2v) is 5.12. The molecule has 0 fully saturated rings. The fourth-order valence-electron chi connectivity index (χ4n) is 1.61. The van der Waals surface area contributed by atoms with Crippen molar-refractivity contribution in [2.45, 2.75) is 13.3 Å². The van der Waals surface area contributed by atoms with Gasteiger partial charge in [-0.2, -0.15) is 0 Å². The van der Waals surface area contributed by atoms with Gasteiger partial charge in [0.15, 0.2) is 11.6 Å². The molecule has 1 heterocycles. The second kappa shape index (κ2) is 5.67. The molecule has 2 rings (SSSR count).